The van der Waals surface area contributed by atoms with Gasteiger partial charge in [-0.15, -0.1) is 0 Å². The Balaban J connectivity index is 0.00000292. The third kappa shape index (κ3) is 8.50. The molecule has 0 fully saturated rings. The third-order valence-electron chi connectivity index (χ3n) is 10.5. The molecule has 4 aromatic rings. The molecular weight excluding hydrogens is 786 g/mol. The second kappa shape index (κ2) is 15.6. The van der Waals surface area contributed by atoms with E-state index in [-0.39, 0.29) is 41.1 Å². The van der Waals surface area contributed by atoms with E-state index >= 15 is 0 Å². The standard InChI is InChI=1S/C21H25.C13H8Cl2.C12H19.2ClH.Zr/c1-20(2,3)16-7-9-18-14(12-16)11-15-13-17(21(4,5)6)8-10-19(15)18;14-12-5-1-10(2-6-12)9-11-3-7-13(15)8-4-11;1-9(2)10-6-7-11(8-10)12(3,4)5;;;/h7-13H,1-6H3;1-8H;7-10H,1-5H3;2*1H;/q;;;;;+2/p-2. The minimum Gasteiger partial charge on any atom is -1.00 e. The first-order chi connectivity index (χ1) is 22.8. The smallest absolute Gasteiger partial charge is 1.00 e. The average molecular weight is 838 g/mol. The van der Waals surface area contributed by atoms with Crippen molar-refractivity contribution in [1.82, 2.24) is 0 Å². The van der Waals surface area contributed by atoms with Gasteiger partial charge in [-0.3, -0.25) is 0 Å². The van der Waals surface area contributed by atoms with Crippen molar-refractivity contribution in [2.45, 2.75) is 90.6 Å². The molecule has 51 heavy (non-hydrogen) atoms. The van der Waals surface area contributed by atoms with E-state index < -0.39 is 21.3 Å². The normalized spacial score (nSPS) is 15.6. The number of hydrogen-bond acceptors (Lipinski definition) is 0. The van der Waals surface area contributed by atoms with Crippen LogP contribution >= 0.6 is 23.2 Å². The van der Waals surface area contributed by atoms with Gasteiger partial charge in [-0.2, -0.15) is 0 Å². The zero-order chi connectivity index (χ0) is 35.6. The summed E-state index contributed by atoms with van der Waals surface area (Å²) in [5.74, 6) is 0.878. The molecule has 0 saturated heterocycles. The Morgan fingerprint density at radius 2 is 1.00 bits per heavy atom. The maximum Gasteiger partial charge on any atom is -1.00 e. The Labute approximate surface area is 338 Å². The number of hydrogen-bond donors (Lipinski definition) is 0. The van der Waals surface area contributed by atoms with Crippen LogP contribution in [-0.4, -0.2) is 3.21 Å². The Hall–Kier alpha value is -1.73. The predicted molar refractivity (Wildman–Crippen MR) is 211 cm³/mol. The van der Waals surface area contributed by atoms with Crippen molar-refractivity contribution in [3.8, 4) is 11.1 Å². The summed E-state index contributed by atoms with van der Waals surface area (Å²) >= 11 is 10.1. The van der Waals surface area contributed by atoms with Crippen LogP contribution in [0.1, 0.15) is 113 Å². The molecule has 0 saturated carbocycles. The van der Waals surface area contributed by atoms with Crippen LogP contribution in [0.4, 0.5) is 0 Å². The second-order valence-electron chi connectivity index (χ2n) is 17.6. The van der Waals surface area contributed by atoms with Gasteiger partial charge in [-0.25, -0.2) is 0 Å². The molecule has 5 heteroatoms. The van der Waals surface area contributed by atoms with Crippen molar-refractivity contribution in [3.05, 3.63) is 149 Å². The van der Waals surface area contributed by atoms with Crippen LogP contribution < -0.4 is 24.8 Å². The fourth-order valence-electron chi connectivity index (χ4n) is 7.54. The largest absolute Gasteiger partial charge is 1.00 e. The van der Waals surface area contributed by atoms with Crippen LogP contribution in [0.15, 0.2) is 106 Å². The molecule has 0 aliphatic heterocycles. The number of allylic oxidation sites excluding steroid dienone is 4. The van der Waals surface area contributed by atoms with Gasteiger partial charge in [0.2, 0.25) is 0 Å². The summed E-state index contributed by atoms with van der Waals surface area (Å²) in [4.78, 5) is 0. The molecule has 4 aromatic carbocycles. The molecule has 2 aliphatic rings. The average Bonchev–Trinajstić information content (AvgIpc) is 3.60. The fourth-order valence-corrected chi connectivity index (χ4v) is 17.8. The van der Waals surface area contributed by atoms with Gasteiger partial charge in [-0.05, 0) is 0 Å². The zero-order valence-corrected chi connectivity index (χ0v) is 37.5. The maximum atomic E-state index is 6.57. The van der Waals surface area contributed by atoms with E-state index in [0.29, 0.717) is 15.5 Å². The SMILES string of the molecule is CC(C)C1C=C(C(C)(C)C)C=[C]1[Zr+2](=[C](c1ccc(Cl)cc1)c1ccc(Cl)cc1)[CH]1c2cc(C(C)(C)C)ccc2-c2ccc(C(C)(C)C)cc21.[Cl-].[Cl-]. The molecule has 1 atom stereocenters. The van der Waals surface area contributed by atoms with Crippen LogP contribution in [0.25, 0.3) is 11.1 Å². The second-order valence-corrected chi connectivity index (χ2v) is 24.6. The van der Waals surface area contributed by atoms with E-state index in [1.54, 1.807) is 3.28 Å². The summed E-state index contributed by atoms with van der Waals surface area (Å²) in [6.45, 7) is 26.0. The number of fused-ring (bicyclic) bond motifs is 3. The quantitative estimate of drug-likeness (QED) is 0.194. The fraction of sp³-hybridized carbons (Fsp3) is 0.370. The molecular formula is C46H52Cl4Zr. The van der Waals surface area contributed by atoms with Crippen molar-refractivity contribution in [1.29, 1.82) is 0 Å². The van der Waals surface area contributed by atoms with Crippen LogP contribution in [-0.2, 0) is 32.1 Å². The van der Waals surface area contributed by atoms with Crippen LogP contribution in [0.3, 0.4) is 0 Å². The van der Waals surface area contributed by atoms with E-state index in [4.69, 9.17) is 23.2 Å². The van der Waals surface area contributed by atoms with Gasteiger partial charge in [0.1, 0.15) is 0 Å². The van der Waals surface area contributed by atoms with Gasteiger partial charge in [0, 0.05) is 0 Å². The molecule has 0 N–H and O–H groups in total. The van der Waals surface area contributed by atoms with E-state index in [1.165, 1.54) is 53.3 Å². The minimum atomic E-state index is -3.06. The molecule has 0 spiro atoms. The van der Waals surface area contributed by atoms with E-state index in [9.17, 15) is 0 Å². The van der Waals surface area contributed by atoms with Crippen molar-refractivity contribution in [2.24, 2.45) is 17.3 Å². The molecule has 0 radical (unpaired) electrons. The summed E-state index contributed by atoms with van der Waals surface area (Å²) in [7, 11) is 0. The molecule has 0 nitrogen and oxygen atoms in total. The van der Waals surface area contributed by atoms with Crippen LogP contribution in [0.5, 0.6) is 0 Å². The molecule has 0 bridgehead atoms. The predicted octanol–water partition coefficient (Wildman–Crippen LogP) is 7.70. The zero-order valence-electron chi connectivity index (χ0n) is 32.0. The third-order valence-corrected chi connectivity index (χ3v) is 19.4. The molecule has 1 unspecified atom stereocenters. The first kappa shape index (κ1) is 42.0. The monoisotopic (exact) mass is 834 g/mol. The van der Waals surface area contributed by atoms with E-state index in [2.05, 4.69) is 173 Å². The van der Waals surface area contributed by atoms with Gasteiger partial charge in [0.25, 0.3) is 0 Å². The molecule has 2 aliphatic carbocycles. The molecule has 0 amide bonds. The topological polar surface area (TPSA) is 0 Å². The summed E-state index contributed by atoms with van der Waals surface area (Å²) in [6.07, 6.45) is 5.28. The van der Waals surface area contributed by atoms with Crippen LogP contribution in [0.2, 0.25) is 10.0 Å². The van der Waals surface area contributed by atoms with Crippen molar-refractivity contribution in [3.63, 3.8) is 0 Å². The summed E-state index contributed by atoms with van der Waals surface area (Å²) in [5, 5.41) is 1.53. The Kier molecular flexibility index (Phi) is 12.8. The van der Waals surface area contributed by atoms with Crippen molar-refractivity contribution in [2.75, 3.05) is 0 Å². The van der Waals surface area contributed by atoms with Gasteiger partial charge in [0.15, 0.2) is 0 Å². The molecule has 0 aromatic heterocycles. The van der Waals surface area contributed by atoms with Gasteiger partial charge < -0.3 is 24.8 Å². The Morgan fingerprint density at radius 1 is 0.588 bits per heavy atom. The van der Waals surface area contributed by atoms with Gasteiger partial charge in [0.05, 0.1) is 0 Å². The Morgan fingerprint density at radius 3 is 1.35 bits per heavy atom. The number of halogens is 4. The molecule has 6 rings (SSSR count). The van der Waals surface area contributed by atoms with Crippen molar-refractivity contribution >= 4 is 26.4 Å². The first-order valence-electron chi connectivity index (χ1n) is 17.8. The maximum absolute atomic E-state index is 6.57. The van der Waals surface area contributed by atoms with E-state index in [0.717, 1.165) is 10.0 Å². The van der Waals surface area contributed by atoms with Crippen LogP contribution in [0, 0.1) is 17.3 Å². The summed E-state index contributed by atoms with van der Waals surface area (Å²) in [5.41, 5.74) is 12.8. The Bertz CT molecular complexity index is 1880. The number of benzene rings is 4. The number of rotatable bonds is 5. The molecule has 0 heterocycles. The van der Waals surface area contributed by atoms with E-state index in [1.807, 2.05) is 0 Å². The van der Waals surface area contributed by atoms with Crippen molar-refractivity contribution < 1.29 is 46.1 Å². The van der Waals surface area contributed by atoms with Gasteiger partial charge in [-0.1, -0.05) is 0 Å². The summed E-state index contributed by atoms with van der Waals surface area (Å²) in [6, 6.07) is 32.1. The minimum absolute atomic E-state index is 0. The molecule has 268 valence electrons. The summed E-state index contributed by atoms with van der Waals surface area (Å²) < 4.78 is 3.51. The van der Waals surface area contributed by atoms with Gasteiger partial charge >= 0.3 is 316 Å². The first-order valence-corrected chi connectivity index (χ1v) is 22.5.